The summed E-state index contributed by atoms with van der Waals surface area (Å²) in [7, 11) is 3.44. The number of carbonyl (C=O) groups excluding carboxylic acids is 1. The van der Waals surface area contributed by atoms with Crippen LogP contribution >= 0.6 is 0 Å². The zero-order valence-electron chi connectivity index (χ0n) is 14.8. The van der Waals surface area contributed by atoms with Crippen molar-refractivity contribution in [3.05, 3.63) is 29.8 Å². The topological polar surface area (TPSA) is 95.7 Å². The molecular formula is C17H29N3O3. The molecule has 0 spiro atoms. The van der Waals surface area contributed by atoms with Gasteiger partial charge < -0.3 is 21.1 Å². The van der Waals surface area contributed by atoms with Gasteiger partial charge in [-0.05, 0) is 29.5 Å². The summed E-state index contributed by atoms with van der Waals surface area (Å²) in [6.07, 6.45) is 0. The maximum absolute atomic E-state index is 11.3. The van der Waals surface area contributed by atoms with E-state index in [9.17, 15) is 9.59 Å². The van der Waals surface area contributed by atoms with Crippen LogP contribution in [0.15, 0.2) is 24.3 Å². The fourth-order valence-corrected chi connectivity index (χ4v) is 1.47. The fraction of sp³-hybridized carbons (Fsp3) is 0.529. The Morgan fingerprint density at radius 3 is 1.83 bits per heavy atom. The number of nitrogens with one attached hydrogen (secondary N) is 1. The smallest absolute Gasteiger partial charge is 0.321 e. The van der Waals surface area contributed by atoms with Crippen LogP contribution < -0.4 is 11.1 Å². The predicted molar refractivity (Wildman–Crippen MR) is 93.7 cm³/mol. The SMILES string of the molecule is CC(C)[C@H](N)C(=O)O.CC(C)c1ccc(NC(=O)N(C)C)cc1. The van der Waals surface area contributed by atoms with Crippen LogP contribution in [0.3, 0.4) is 0 Å². The van der Waals surface area contributed by atoms with E-state index in [0.717, 1.165) is 5.69 Å². The molecule has 1 rings (SSSR count). The number of rotatable bonds is 4. The van der Waals surface area contributed by atoms with Gasteiger partial charge in [0, 0.05) is 19.8 Å². The van der Waals surface area contributed by atoms with Gasteiger partial charge in [-0.15, -0.1) is 0 Å². The summed E-state index contributed by atoms with van der Waals surface area (Å²) in [6.45, 7) is 7.85. The lowest BCUT2D eigenvalue weighted by Crippen LogP contribution is -2.34. The summed E-state index contributed by atoms with van der Waals surface area (Å²) in [5.41, 5.74) is 7.27. The highest BCUT2D eigenvalue weighted by Gasteiger charge is 2.14. The third-order valence-corrected chi connectivity index (χ3v) is 3.24. The zero-order valence-corrected chi connectivity index (χ0v) is 14.8. The average Bonchev–Trinajstić information content (AvgIpc) is 2.47. The first-order valence-electron chi connectivity index (χ1n) is 7.62. The summed E-state index contributed by atoms with van der Waals surface area (Å²) in [4.78, 5) is 22.9. The van der Waals surface area contributed by atoms with Gasteiger partial charge in [-0.3, -0.25) is 4.79 Å². The lowest BCUT2D eigenvalue weighted by atomic mass is 10.0. The molecule has 1 aromatic rings. The number of carboxylic acid groups (broad SMARTS) is 1. The van der Waals surface area contributed by atoms with Gasteiger partial charge in [0.2, 0.25) is 0 Å². The first-order chi connectivity index (χ1) is 10.6. The second-order valence-electron chi connectivity index (χ2n) is 6.21. The molecule has 0 bridgehead atoms. The molecule has 0 saturated heterocycles. The maximum atomic E-state index is 11.3. The number of carbonyl (C=O) groups is 2. The molecule has 1 aromatic carbocycles. The number of amides is 2. The molecule has 0 unspecified atom stereocenters. The third kappa shape index (κ3) is 8.21. The van der Waals surface area contributed by atoms with Crippen molar-refractivity contribution in [1.82, 2.24) is 4.90 Å². The molecule has 0 saturated carbocycles. The minimum absolute atomic E-state index is 0.0208. The number of benzene rings is 1. The first kappa shape index (κ1) is 20.9. The standard InChI is InChI=1S/C12H18N2O.C5H11NO2/c1-9(2)10-5-7-11(8-6-10)13-12(15)14(3)4;1-3(2)4(6)5(7)8/h5-9H,1-4H3,(H,13,15);3-4H,6H2,1-2H3,(H,7,8)/t;4-/m.0/s1. The van der Waals surface area contributed by atoms with E-state index in [2.05, 4.69) is 19.2 Å². The van der Waals surface area contributed by atoms with Crippen molar-refractivity contribution in [2.24, 2.45) is 11.7 Å². The van der Waals surface area contributed by atoms with Gasteiger partial charge in [-0.2, -0.15) is 0 Å². The Kier molecular flexibility index (Phi) is 8.95. The quantitative estimate of drug-likeness (QED) is 0.793. The van der Waals surface area contributed by atoms with Crippen LogP contribution in [0, 0.1) is 5.92 Å². The zero-order chi connectivity index (χ0) is 18.2. The predicted octanol–water partition coefficient (Wildman–Crippen LogP) is 2.96. The number of carboxylic acids is 1. The summed E-state index contributed by atoms with van der Waals surface area (Å²) >= 11 is 0. The van der Waals surface area contributed by atoms with Gasteiger partial charge in [0.1, 0.15) is 6.04 Å². The first-order valence-corrected chi connectivity index (χ1v) is 7.62. The Morgan fingerprint density at radius 2 is 1.57 bits per heavy atom. The highest BCUT2D eigenvalue weighted by Crippen LogP contribution is 2.17. The molecular weight excluding hydrogens is 294 g/mol. The van der Waals surface area contributed by atoms with Gasteiger partial charge in [0.15, 0.2) is 0 Å². The Balaban J connectivity index is 0.000000515. The van der Waals surface area contributed by atoms with Crippen LogP contribution in [0.2, 0.25) is 0 Å². The van der Waals surface area contributed by atoms with Crippen molar-refractivity contribution in [1.29, 1.82) is 0 Å². The molecule has 23 heavy (non-hydrogen) atoms. The maximum Gasteiger partial charge on any atom is 0.321 e. The number of nitrogens with zero attached hydrogens (tertiary/aromatic N) is 1. The number of hydrogen-bond donors (Lipinski definition) is 3. The lowest BCUT2D eigenvalue weighted by Gasteiger charge is -2.12. The lowest BCUT2D eigenvalue weighted by molar-refractivity contribution is -0.139. The summed E-state index contributed by atoms with van der Waals surface area (Å²) in [6, 6.07) is 7.11. The third-order valence-electron chi connectivity index (χ3n) is 3.24. The van der Waals surface area contributed by atoms with E-state index in [1.54, 1.807) is 27.9 Å². The van der Waals surface area contributed by atoms with E-state index < -0.39 is 12.0 Å². The molecule has 0 fully saturated rings. The normalized spacial score (nSPS) is 11.5. The fourth-order valence-electron chi connectivity index (χ4n) is 1.47. The molecule has 0 aliphatic carbocycles. The van der Waals surface area contributed by atoms with Crippen LogP contribution in [0.5, 0.6) is 0 Å². The molecule has 2 amide bonds. The number of urea groups is 1. The van der Waals surface area contributed by atoms with Crippen LogP contribution in [-0.2, 0) is 4.79 Å². The molecule has 0 aliphatic rings. The molecule has 6 nitrogen and oxygen atoms in total. The van der Waals surface area contributed by atoms with E-state index in [1.165, 1.54) is 10.5 Å². The minimum Gasteiger partial charge on any atom is -0.480 e. The molecule has 4 N–H and O–H groups in total. The number of hydrogen-bond acceptors (Lipinski definition) is 3. The minimum atomic E-state index is -0.931. The van der Waals surface area contributed by atoms with E-state index in [1.807, 2.05) is 24.3 Å². The highest BCUT2D eigenvalue weighted by atomic mass is 16.4. The molecule has 1 atom stereocenters. The number of anilines is 1. The Bertz CT molecular complexity index is 496. The Morgan fingerprint density at radius 1 is 1.09 bits per heavy atom. The van der Waals surface area contributed by atoms with Crippen LogP contribution in [-0.4, -0.2) is 42.1 Å². The summed E-state index contributed by atoms with van der Waals surface area (Å²) in [5, 5.41) is 11.0. The van der Waals surface area contributed by atoms with Crippen molar-refractivity contribution in [2.75, 3.05) is 19.4 Å². The molecule has 0 aromatic heterocycles. The highest BCUT2D eigenvalue weighted by molar-refractivity contribution is 5.88. The molecule has 0 radical (unpaired) electrons. The molecule has 6 heteroatoms. The van der Waals surface area contributed by atoms with Crippen molar-refractivity contribution in [3.8, 4) is 0 Å². The molecule has 0 heterocycles. The van der Waals surface area contributed by atoms with Gasteiger partial charge in [0.05, 0.1) is 0 Å². The van der Waals surface area contributed by atoms with Crippen molar-refractivity contribution >= 4 is 17.7 Å². The summed E-state index contributed by atoms with van der Waals surface area (Å²) < 4.78 is 0. The number of aliphatic carboxylic acids is 1. The summed E-state index contributed by atoms with van der Waals surface area (Å²) in [5.74, 6) is -0.392. The Labute approximate surface area is 138 Å². The van der Waals surface area contributed by atoms with E-state index in [0.29, 0.717) is 5.92 Å². The molecule has 130 valence electrons. The van der Waals surface area contributed by atoms with Crippen LogP contribution in [0.1, 0.15) is 39.2 Å². The van der Waals surface area contributed by atoms with Gasteiger partial charge in [-0.1, -0.05) is 39.8 Å². The van der Waals surface area contributed by atoms with E-state index in [-0.39, 0.29) is 11.9 Å². The van der Waals surface area contributed by atoms with E-state index in [4.69, 9.17) is 10.8 Å². The van der Waals surface area contributed by atoms with Gasteiger partial charge in [-0.25, -0.2) is 4.79 Å². The molecule has 0 aliphatic heterocycles. The van der Waals surface area contributed by atoms with Crippen molar-refractivity contribution in [3.63, 3.8) is 0 Å². The van der Waals surface area contributed by atoms with Crippen molar-refractivity contribution < 1.29 is 14.7 Å². The largest absolute Gasteiger partial charge is 0.480 e. The van der Waals surface area contributed by atoms with Crippen LogP contribution in [0.25, 0.3) is 0 Å². The van der Waals surface area contributed by atoms with Crippen LogP contribution in [0.4, 0.5) is 10.5 Å². The van der Waals surface area contributed by atoms with Gasteiger partial charge in [0.25, 0.3) is 0 Å². The second-order valence-corrected chi connectivity index (χ2v) is 6.21. The van der Waals surface area contributed by atoms with E-state index >= 15 is 0 Å². The Hall–Kier alpha value is -2.08. The monoisotopic (exact) mass is 323 g/mol. The van der Waals surface area contributed by atoms with Crippen molar-refractivity contribution in [2.45, 2.75) is 39.7 Å². The van der Waals surface area contributed by atoms with Gasteiger partial charge >= 0.3 is 12.0 Å². The number of nitrogens with two attached hydrogens (primary N) is 1. The second kappa shape index (κ2) is 9.84. The average molecular weight is 323 g/mol.